The van der Waals surface area contributed by atoms with Crippen molar-refractivity contribution >= 4 is 11.7 Å². The number of benzene rings is 1. The van der Waals surface area contributed by atoms with Gasteiger partial charge in [-0.1, -0.05) is 28.9 Å². The fourth-order valence-electron chi connectivity index (χ4n) is 4.64. The van der Waals surface area contributed by atoms with Crippen molar-refractivity contribution in [3.8, 4) is 0 Å². The van der Waals surface area contributed by atoms with Crippen LogP contribution in [0.5, 0.6) is 0 Å². The summed E-state index contributed by atoms with van der Waals surface area (Å²) in [5, 5.41) is 34.0. The fourth-order valence-corrected chi connectivity index (χ4v) is 4.64. The van der Waals surface area contributed by atoms with Crippen LogP contribution in [0.4, 0.5) is 0 Å². The minimum Gasteiger partial charge on any atom is -0.481 e. The van der Waals surface area contributed by atoms with Gasteiger partial charge in [0.05, 0.1) is 17.9 Å². The molecule has 0 radical (unpaired) electrons. The molecule has 6 heteroatoms. The summed E-state index contributed by atoms with van der Waals surface area (Å²) in [6.45, 7) is 4.37. The van der Waals surface area contributed by atoms with Crippen LogP contribution >= 0.6 is 0 Å². The molecule has 0 heterocycles. The molecule has 154 valence electrons. The van der Waals surface area contributed by atoms with Gasteiger partial charge in [0.15, 0.2) is 0 Å². The Morgan fingerprint density at radius 3 is 2.86 bits per heavy atom. The molecule has 0 aromatic heterocycles. The second-order valence-corrected chi connectivity index (χ2v) is 8.33. The molecule has 3 rings (SSSR count). The first kappa shape index (κ1) is 20.8. The predicted molar refractivity (Wildman–Crippen MR) is 106 cm³/mol. The highest BCUT2D eigenvalue weighted by atomic mass is 16.6. The molecule has 5 atom stereocenters. The molecule has 0 spiro atoms. The van der Waals surface area contributed by atoms with Gasteiger partial charge >= 0.3 is 5.97 Å². The van der Waals surface area contributed by atoms with E-state index in [0.29, 0.717) is 19.4 Å². The van der Waals surface area contributed by atoms with E-state index in [2.05, 4.69) is 11.2 Å². The van der Waals surface area contributed by atoms with Gasteiger partial charge in [0, 0.05) is 12.3 Å². The van der Waals surface area contributed by atoms with Crippen molar-refractivity contribution in [3.05, 3.63) is 34.9 Å². The molecule has 0 aliphatic heterocycles. The summed E-state index contributed by atoms with van der Waals surface area (Å²) in [4.78, 5) is 15.7. The molecule has 2 saturated carbocycles. The molecule has 2 aliphatic carbocycles. The number of aryl methyl sites for hydroxylation is 2. The molecule has 0 amide bonds. The Morgan fingerprint density at radius 1 is 1.36 bits per heavy atom. The third kappa shape index (κ3) is 4.73. The highest BCUT2D eigenvalue weighted by molar-refractivity contribution is 5.93. The van der Waals surface area contributed by atoms with Crippen LogP contribution in [0.15, 0.2) is 23.4 Å². The first-order chi connectivity index (χ1) is 13.4. The van der Waals surface area contributed by atoms with Crippen LogP contribution in [0.25, 0.3) is 0 Å². The number of carboxylic acids is 1. The average Bonchev–Trinajstić information content (AvgIpc) is 2.86. The minimum absolute atomic E-state index is 0.0838. The molecule has 6 nitrogen and oxygen atoms in total. The summed E-state index contributed by atoms with van der Waals surface area (Å²) in [7, 11) is 0. The van der Waals surface area contributed by atoms with Gasteiger partial charge in [-0.25, -0.2) is 0 Å². The van der Waals surface area contributed by atoms with E-state index in [9.17, 15) is 15.0 Å². The lowest BCUT2D eigenvalue weighted by Crippen LogP contribution is -2.38. The van der Waals surface area contributed by atoms with Gasteiger partial charge in [0.1, 0.15) is 6.61 Å². The van der Waals surface area contributed by atoms with Crippen molar-refractivity contribution in [2.75, 3.05) is 6.61 Å². The van der Waals surface area contributed by atoms with Crippen molar-refractivity contribution < 1.29 is 25.0 Å². The Hall–Kier alpha value is -1.92. The summed E-state index contributed by atoms with van der Waals surface area (Å²) in [6.07, 6.45) is 2.74. The zero-order valence-corrected chi connectivity index (χ0v) is 16.7. The lowest BCUT2D eigenvalue weighted by Gasteiger charge is -2.33. The molecule has 3 N–H and O–H groups in total. The number of fused-ring (bicyclic) bond motifs is 1. The van der Waals surface area contributed by atoms with E-state index in [1.807, 2.05) is 26.0 Å². The summed E-state index contributed by atoms with van der Waals surface area (Å²) >= 11 is 0. The quantitative estimate of drug-likeness (QED) is 0.444. The molecule has 2 aliphatic rings. The zero-order chi connectivity index (χ0) is 20.3. The topological polar surface area (TPSA) is 99.4 Å². The van der Waals surface area contributed by atoms with Gasteiger partial charge in [-0.05, 0) is 68.9 Å². The van der Waals surface area contributed by atoms with E-state index in [4.69, 9.17) is 9.94 Å². The van der Waals surface area contributed by atoms with E-state index in [1.54, 1.807) is 0 Å². The van der Waals surface area contributed by atoms with Crippen LogP contribution in [0.1, 0.15) is 61.3 Å². The summed E-state index contributed by atoms with van der Waals surface area (Å²) in [5.74, 6) is -0.151. The van der Waals surface area contributed by atoms with Crippen molar-refractivity contribution in [1.29, 1.82) is 0 Å². The minimum atomic E-state index is -0.829. The van der Waals surface area contributed by atoms with Crippen LogP contribution in [0.2, 0.25) is 0 Å². The Balaban J connectivity index is 1.46. The van der Waals surface area contributed by atoms with Crippen LogP contribution < -0.4 is 0 Å². The molecule has 28 heavy (non-hydrogen) atoms. The van der Waals surface area contributed by atoms with Crippen LogP contribution in [0.3, 0.4) is 0 Å². The highest BCUT2D eigenvalue weighted by Gasteiger charge is 2.51. The van der Waals surface area contributed by atoms with Gasteiger partial charge in [0.2, 0.25) is 0 Å². The van der Waals surface area contributed by atoms with E-state index >= 15 is 0 Å². The molecule has 2 fully saturated rings. The SMILES string of the molecule is Cc1ccc(C(O)CCC2CC3C(=NOCCCC(=O)O)CC3C2O)c(C)c1. The summed E-state index contributed by atoms with van der Waals surface area (Å²) in [6, 6.07) is 6.11. The number of carboxylic acid groups (broad SMARTS) is 1. The summed E-state index contributed by atoms with van der Waals surface area (Å²) < 4.78 is 0. The van der Waals surface area contributed by atoms with Crippen molar-refractivity contribution in [1.82, 2.24) is 0 Å². The monoisotopic (exact) mass is 389 g/mol. The second kappa shape index (κ2) is 9.05. The number of hydrogen-bond acceptors (Lipinski definition) is 5. The van der Waals surface area contributed by atoms with Gasteiger partial charge < -0.3 is 20.2 Å². The number of aliphatic carboxylic acids is 1. The maximum Gasteiger partial charge on any atom is 0.303 e. The third-order valence-electron chi connectivity index (χ3n) is 6.27. The lowest BCUT2D eigenvalue weighted by molar-refractivity contribution is -0.137. The summed E-state index contributed by atoms with van der Waals surface area (Å²) in [5.41, 5.74) is 4.25. The number of aliphatic hydroxyl groups is 2. The number of oxime groups is 1. The standard InChI is InChI=1S/C22H31NO5/c1-13-5-7-16(14(2)10-13)20(24)8-6-15-11-17-18(22(15)27)12-19(17)23-28-9-3-4-21(25)26/h5,7,10,15,17-18,20,22,24,27H,3-4,6,8-9,11-12H2,1-2H3,(H,25,26). The first-order valence-corrected chi connectivity index (χ1v) is 10.2. The number of aliphatic hydroxyl groups excluding tert-OH is 2. The van der Waals surface area contributed by atoms with Gasteiger partial charge in [-0.3, -0.25) is 4.79 Å². The van der Waals surface area contributed by atoms with Gasteiger partial charge in [-0.15, -0.1) is 0 Å². The Kier molecular flexibility index (Phi) is 6.73. The molecule has 0 saturated heterocycles. The predicted octanol–water partition coefficient (Wildman–Crippen LogP) is 3.37. The average molecular weight is 389 g/mol. The Morgan fingerprint density at radius 2 is 2.14 bits per heavy atom. The number of carbonyl (C=O) groups is 1. The zero-order valence-electron chi connectivity index (χ0n) is 16.7. The van der Waals surface area contributed by atoms with Gasteiger partial charge in [0.25, 0.3) is 0 Å². The molecular formula is C22H31NO5. The molecule has 0 bridgehead atoms. The maximum absolute atomic E-state index is 10.6. The fraction of sp³-hybridized carbons (Fsp3) is 0.636. The van der Waals surface area contributed by atoms with Crippen LogP contribution in [-0.2, 0) is 9.63 Å². The largest absolute Gasteiger partial charge is 0.481 e. The number of rotatable bonds is 9. The maximum atomic E-state index is 10.6. The van der Waals surface area contributed by atoms with E-state index in [1.165, 1.54) is 5.56 Å². The van der Waals surface area contributed by atoms with Crippen LogP contribution in [-0.4, -0.2) is 39.7 Å². The first-order valence-electron chi connectivity index (χ1n) is 10.2. The van der Waals surface area contributed by atoms with E-state index in [-0.39, 0.29) is 30.3 Å². The van der Waals surface area contributed by atoms with Crippen molar-refractivity contribution in [2.45, 2.75) is 64.6 Å². The van der Waals surface area contributed by atoms with E-state index < -0.39 is 12.1 Å². The smallest absolute Gasteiger partial charge is 0.303 e. The Labute approximate surface area is 166 Å². The normalized spacial score (nSPS) is 28.6. The molecule has 1 aromatic rings. The van der Waals surface area contributed by atoms with Crippen molar-refractivity contribution in [3.63, 3.8) is 0 Å². The van der Waals surface area contributed by atoms with E-state index in [0.717, 1.165) is 36.1 Å². The van der Waals surface area contributed by atoms with Crippen LogP contribution in [0, 0.1) is 31.6 Å². The third-order valence-corrected chi connectivity index (χ3v) is 6.27. The number of hydrogen-bond donors (Lipinski definition) is 3. The van der Waals surface area contributed by atoms with Gasteiger partial charge in [-0.2, -0.15) is 0 Å². The van der Waals surface area contributed by atoms with Crippen molar-refractivity contribution in [2.24, 2.45) is 22.9 Å². The Bertz CT molecular complexity index is 732. The molecule has 5 unspecified atom stereocenters. The molecular weight excluding hydrogens is 358 g/mol. The molecule has 1 aromatic carbocycles. The number of nitrogens with zero attached hydrogens (tertiary/aromatic N) is 1. The lowest BCUT2D eigenvalue weighted by atomic mass is 9.73. The highest BCUT2D eigenvalue weighted by Crippen LogP contribution is 2.49. The second-order valence-electron chi connectivity index (χ2n) is 8.33.